The van der Waals surface area contributed by atoms with Crippen LogP contribution in [0.5, 0.6) is 0 Å². The second-order valence-corrected chi connectivity index (χ2v) is 7.41. The number of ketones is 1. The lowest BCUT2D eigenvalue weighted by Gasteiger charge is -2.23. The van der Waals surface area contributed by atoms with Gasteiger partial charge in [0.15, 0.2) is 11.9 Å². The van der Waals surface area contributed by atoms with Crippen molar-refractivity contribution in [3.8, 4) is 0 Å². The third-order valence-electron chi connectivity index (χ3n) is 4.51. The molecule has 2 N–H and O–H groups in total. The Hall–Kier alpha value is -3.55. The van der Waals surface area contributed by atoms with Crippen molar-refractivity contribution in [2.24, 2.45) is 5.92 Å². The smallest absolute Gasteiger partial charge is 0.329 e. The summed E-state index contributed by atoms with van der Waals surface area (Å²) in [5, 5.41) is 5.15. The summed E-state index contributed by atoms with van der Waals surface area (Å²) in [6.07, 6.45) is -1.14. The molecule has 0 radical (unpaired) electrons. The van der Waals surface area contributed by atoms with Crippen molar-refractivity contribution in [1.29, 1.82) is 0 Å². The van der Waals surface area contributed by atoms with E-state index >= 15 is 0 Å². The zero-order valence-electron chi connectivity index (χ0n) is 17.8. The number of esters is 1. The van der Waals surface area contributed by atoms with Gasteiger partial charge in [-0.3, -0.25) is 14.4 Å². The van der Waals surface area contributed by atoms with E-state index in [1.165, 1.54) is 32.0 Å². The molecule has 7 nitrogen and oxygen atoms in total. The molecule has 2 rings (SSSR count). The third kappa shape index (κ3) is 6.74. The van der Waals surface area contributed by atoms with Gasteiger partial charge in [-0.2, -0.15) is 0 Å². The molecule has 0 saturated heterocycles. The molecular formula is C23H25FN2O5. The highest BCUT2D eigenvalue weighted by molar-refractivity contribution is 5.99. The van der Waals surface area contributed by atoms with Gasteiger partial charge in [-0.1, -0.05) is 26.0 Å². The van der Waals surface area contributed by atoms with E-state index < -0.39 is 35.7 Å². The molecule has 0 aliphatic heterocycles. The molecule has 2 aromatic rings. The molecule has 0 aliphatic rings. The molecule has 8 heteroatoms. The number of rotatable bonds is 8. The van der Waals surface area contributed by atoms with Crippen molar-refractivity contribution >= 4 is 29.3 Å². The van der Waals surface area contributed by atoms with Crippen LogP contribution in [0.1, 0.15) is 48.4 Å². The molecule has 0 bridgehead atoms. The fourth-order valence-electron chi connectivity index (χ4n) is 2.68. The summed E-state index contributed by atoms with van der Waals surface area (Å²) in [7, 11) is 0. The molecule has 0 spiro atoms. The summed E-state index contributed by atoms with van der Waals surface area (Å²) in [6.45, 7) is 6.25. The fourth-order valence-corrected chi connectivity index (χ4v) is 2.68. The SMILES string of the molecule is CC(=O)c1cccc(NC(=O)[C@H](C)OC(=O)[C@@H](NC(=O)c2ccc(F)cc2)C(C)C)c1. The molecule has 0 aromatic heterocycles. The minimum absolute atomic E-state index is 0.146. The van der Waals surface area contributed by atoms with Crippen molar-refractivity contribution in [3.63, 3.8) is 0 Å². The Kier molecular flexibility index (Phi) is 8.01. The topological polar surface area (TPSA) is 102 Å². The first-order valence-electron chi connectivity index (χ1n) is 9.77. The number of hydrogen-bond donors (Lipinski definition) is 2. The number of carbonyl (C=O) groups excluding carboxylic acids is 4. The molecule has 0 unspecified atom stereocenters. The van der Waals surface area contributed by atoms with Crippen LogP contribution in [0.15, 0.2) is 48.5 Å². The predicted molar refractivity (Wildman–Crippen MR) is 113 cm³/mol. The van der Waals surface area contributed by atoms with Gasteiger partial charge in [0.05, 0.1) is 0 Å². The standard InChI is InChI=1S/C23H25FN2O5/c1-13(2)20(26-22(29)16-8-10-18(24)11-9-16)23(30)31-15(4)21(28)25-19-7-5-6-17(12-19)14(3)27/h5-13,15,20H,1-4H3,(H,25,28)(H,26,29)/t15-,20-/m0/s1. The minimum atomic E-state index is -1.14. The molecule has 2 atom stereocenters. The van der Waals surface area contributed by atoms with Gasteiger partial charge in [0.1, 0.15) is 11.9 Å². The normalized spacial score (nSPS) is 12.6. The monoisotopic (exact) mass is 428 g/mol. The van der Waals surface area contributed by atoms with Gasteiger partial charge in [-0.05, 0) is 56.2 Å². The highest BCUT2D eigenvalue weighted by Crippen LogP contribution is 2.13. The maximum absolute atomic E-state index is 13.0. The van der Waals surface area contributed by atoms with Crippen molar-refractivity contribution in [2.75, 3.05) is 5.32 Å². The van der Waals surface area contributed by atoms with Crippen LogP contribution in [0.25, 0.3) is 0 Å². The van der Waals surface area contributed by atoms with Crippen LogP contribution >= 0.6 is 0 Å². The molecule has 164 valence electrons. The Morgan fingerprint density at radius 3 is 2.16 bits per heavy atom. The number of benzene rings is 2. The van der Waals surface area contributed by atoms with E-state index in [0.29, 0.717) is 11.3 Å². The quantitative estimate of drug-likeness (QED) is 0.496. The summed E-state index contributed by atoms with van der Waals surface area (Å²) in [5.74, 6) is -2.86. The summed E-state index contributed by atoms with van der Waals surface area (Å²) in [4.78, 5) is 48.8. The van der Waals surface area contributed by atoms with E-state index in [2.05, 4.69) is 10.6 Å². The van der Waals surface area contributed by atoms with Gasteiger partial charge >= 0.3 is 5.97 Å². The number of halogens is 1. The lowest BCUT2D eigenvalue weighted by Crippen LogP contribution is -2.47. The molecule has 2 amide bonds. The van der Waals surface area contributed by atoms with Crippen molar-refractivity contribution in [2.45, 2.75) is 39.8 Å². The van der Waals surface area contributed by atoms with Crippen LogP contribution in [-0.4, -0.2) is 35.7 Å². The van der Waals surface area contributed by atoms with Crippen molar-refractivity contribution in [1.82, 2.24) is 5.32 Å². The molecule has 31 heavy (non-hydrogen) atoms. The first-order valence-corrected chi connectivity index (χ1v) is 9.77. The number of Topliss-reactive ketones (excluding diaryl/α,β-unsaturated/α-hetero) is 1. The van der Waals surface area contributed by atoms with Crippen LogP contribution in [0, 0.1) is 11.7 Å². The number of hydrogen-bond acceptors (Lipinski definition) is 5. The molecular weight excluding hydrogens is 403 g/mol. The summed E-state index contributed by atoms with van der Waals surface area (Å²) >= 11 is 0. The molecule has 0 saturated carbocycles. The lowest BCUT2D eigenvalue weighted by atomic mass is 10.0. The van der Waals surface area contributed by atoms with Gasteiger partial charge in [-0.25, -0.2) is 9.18 Å². The molecule has 2 aromatic carbocycles. The zero-order chi connectivity index (χ0) is 23.1. The van der Waals surface area contributed by atoms with Gasteiger partial charge in [0.25, 0.3) is 11.8 Å². The predicted octanol–water partition coefficient (Wildman–Crippen LogP) is 3.35. The maximum Gasteiger partial charge on any atom is 0.329 e. The van der Waals surface area contributed by atoms with Crippen molar-refractivity contribution in [3.05, 3.63) is 65.5 Å². The van der Waals surface area contributed by atoms with Crippen LogP contribution in [0.2, 0.25) is 0 Å². The minimum Gasteiger partial charge on any atom is -0.451 e. The number of carbonyl (C=O) groups is 4. The molecule has 0 aliphatic carbocycles. The number of nitrogens with one attached hydrogen (secondary N) is 2. The average Bonchev–Trinajstić information content (AvgIpc) is 2.72. The summed E-state index contributed by atoms with van der Waals surface area (Å²) in [5.41, 5.74) is 1.02. The van der Waals surface area contributed by atoms with Crippen LogP contribution in [0.4, 0.5) is 10.1 Å². The van der Waals surface area contributed by atoms with Gasteiger partial charge in [0, 0.05) is 16.8 Å². The van der Waals surface area contributed by atoms with Crippen LogP contribution in [-0.2, 0) is 14.3 Å². The van der Waals surface area contributed by atoms with E-state index in [1.54, 1.807) is 32.0 Å². The van der Waals surface area contributed by atoms with Gasteiger partial charge in [-0.15, -0.1) is 0 Å². The fraction of sp³-hybridized carbons (Fsp3) is 0.304. The highest BCUT2D eigenvalue weighted by Gasteiger charge is 2.29. The van der Waals surface area contributed by atoms with E-state index in [4.69, 9.17) is 4.74 Å². The van der Waals surface area contributed by atoms with Crippen molar-refractivity contribution < 1.29 is 28.3 Å². The van der Waals surface area contributed by atoms with Gasteiger partial charge in [0.2, 0.25) is 0 Å². The van der Waals surface area contributed by atoms with E-state index in [-0.39, 0.29) is 17.3 Å². The van der Waals surface area contributed by atoms with E-state index in [0.717, 1.165) is 12.1 Å². The van der Waals surface area contributed by atoms with E-state index in [9.17, 15) is 23.6 Å². The largest absolute Gasteiger partial charge is 0.451 e. The Morgan fingerprint density at radius 1 is 0.935 bits per heavy atom. The zero-order valence-corrected chi connectivity index (χ0v) is 17.8. The van der Waals surface area contributed by atoms with E-state index in [1.807, 2.05) is 0 Å². The Balaban J connectivity index is 2.01. The number of ether oxygens (including phenoxy) is 1. The maximum atomic E-state index is 13.0. The Labute approximate surface area is 180 Å². The number of anilines is 1. The van der Waals surface area contributed by atoms with Crippen LogP contribution in [0.3, 0.4) is 0 Å². The second-order valence-electron chi connectivity index (χ2n) is 7.41. The average molecular weight is 428 g/mol. The van der Waals surface area contributed by atoms with Gasteiger partial charge < -0.3 is 15.4 Å². The first-order chi connectivity index (χ1) is 14.6. The Bertz CT molecular complexity index is 972. The summed E-state index contributed by atoms with van der Waals surface area (Å²) < 4.78 is 18.3. The second kappa shape index (κ2) is 10.5. The Morgan fingerprint density at radius 2 is 1.58 bits per heavy atom. The highest BCUT2D eigenvalue weighted by atomic mass is 19.1. The molecule has 0 fully saturated rings. The first kappa shape index (κ1) is 23.7. The number of amides is 2. The lowest BCUT2D eigenvalue weighted by molar-refractivity contribution is -0.156. The molecule has 0 heterocycles. The summed E-state index contributed by atoms with van der Waals surface area (Å²) in [6, 6.07) is 10.3. The van der Waals surface area contributed by atoms with Crippen LogP contribution < -0.4 is 10.6 Å². The third-order valence-corrected chi connectivity index (χ3v) is 4.51.